The Hall–Kier alpha value is -1.48. The van der Waals surface area contributed by atoms with E-state index < -0.39 is 0 Å². The van der Waals surface area contributed by atoms with Crippen LogP contribution in [0.3, 0.4) is 0 Å². The van der Waals surface area contributed by atoms with Crippen LogP contribution < -0.4 is 10.1 Å². The molecule has 3 nitrogen and oxygen atoms in total. The number of nitrogens with two attached hydrogens (primary N) is 1. The van der Waals surface area contributed by atoms with Gasteiger partial charge in [0.2, 0.25) is 0 Å². The second-order valence-corrected chi connectivity index (χ2v) is 4.72. The summed E-state index contributed by atoms with van der Waals surface area (Å²) in [5.74, 6) is 0.946. The average Bonchev–Trinajstić information content (AvgIpc) is 2.76. The molecule has 0 bridgehead atoms. The zero-order valence-electron chi connectivity index (χ0n) is 10.4. The Morgan fingerprint density at radius 2 is 2.35 bits per heavy atom. The minimum Gasteiger partial charge on any atom is -0.497 e. The third-order valence-corrected chi connectivity index (χ3v) is 3.80. The van der Waals surface area contributed by atoms with Crippen LogP contribution in [0.4, 0.5) is 0 Å². The molecule has 0 saturated heterocycles. The highest BCUT2D eigenvalue weighted by Gasteiger charge is 2.25. The summed E-state index contributed by atoms with van der Waals surface area (Å²) in [7, 11) is 1.73. The molecule has 17 heavy (non-hydrogen) atoms. The van der Waals surface area contributed by atoms with Gasteiger partial charge in [-0.1, -0.05) is 6.92 Å². The van der Waals surface area contributed by atoms with E-state index in [-0.39, 0.29) is 0 Å². The zero-order valence-corrected chi connectivity index (χ0v) is 10.4. The molecule has 1 atom stereocenters. The third-order valence-electron chi connectivity index (χ3n) is 3.80. The summed E-state index contributed by atoms with van der Waals surface area (Å²) in [6.45, 7) is 3.44. The minimum absolute atomic E-state index is 0.595. The highest BCUT2D eigenvalue weighted by atomic mass is 16.5. The van der Waals surface area contributed by atoms with Gasteiger partial charge < -0.3 is 15.0 Å². The molecule has 0 unspecified atom stereocenters. The molecule has 3 heteroatoms. The maximum absolute atomic E-state index is 5.31. The Kier molecular flexibility index (Phi) is 2.56. The van der Waals surface area contributed by atoms with Gasteiger partial charge in [0.15, 0.2) is 0 Å². The normalized spacial score (nSPS) is 19.3. The first kappa shape index (κ1) is 10.7. The Bertz CT molecular complexity index is 544. The van der Waals surface area contributed by atoms with E-state index in [1.807, 2.05) is 6.07 Å². The fourth-order valence-electron chi connectivity index (χ4n) is 2.88. The Labute approximate surface area is 101 Å². The second-order valence-electron chi connectivity index (χ2n) is 4.72. The number of ether oxygens (including phenoxy) is 1. The van der Waals surface area contributed by atoms with Crippen LogP contribution in [0.15, 0.2) is 18.2 Å². The van der Waals surface area contributed by atoms with Crippen LogP contribution >= 0.6 is 0 Å². The molecule has 0 spiro atoms. The van der Waals surface area contributed by atoms with Crippen molar-refractivity contribution in [1.29, 1.82) is 0 Å². The molecule has 0 fully saturated rings. The zero-order chi connectivity index (χ0) is 11.8. The fraction of sp³-hybridized carbons (Fsp3) is 0.429. The molecule has 3 rings (SSSR count). The van der Waals surface area contributed by atoms with Crippen LogP contribution in [0, 0.1) is 0 Å². The number of methoxy groups -OCH3 is 1. The lowest BCUT2D eigenvalue weighted by Crippen LogP contribution is -2.87. The van der Waals surface area contributed by atoms with Crippen LogP contribution in [0.1, 0.15) is 30.6 Å². The Balaban J connectivity index is 2.20. The molecule has 1 aliphatic heterocycles. The predicted molar refractivity (Wildman–Crippen MR) is 68.4 cm³/mol. The van der Waals surface area contributed by atoms with Gasteiger partial charge in [-0.25, -0.2) is 0 Å². The van der Waals surface area contributed by atoms with E-state index in [9.17, 15) is 0 Å². The first-order valence-corrected chi connectivity index (χ1v) is 6.35. The van der Waals surface area contributed by atoms with E-state index in [0.29, 0.717) is 6.04 Å². The molecule has 0 amide bonds. The third kappa shape index (κ3) is 1.62. The average molecular weight is 231 g/mol. The number of hydrogen-bond donors (Lipinski definition) is 2. The molecule has 0 saturated carbocycles. The number of benzene rings is 1. The number of nitrogens with one attached hydrogen (secondary N) is 1. The van der Waals surface area contributed by atoms with Crippen LogP contribution in [0.25, 0.3) is 10.9 Å². The summed E-state index contributed by atoms with van der Waals surface area (Å²) in [4.78, 5) is 3.58. The number of hydrogen-bond acceptors (Lipinski definition) is 1. The van der Waals surface area contributed by atoms with E-state index >= 15 is 0 Å². The lowest BCUT2D eigenvalue weighted by Gasteiger charge is -2.19. The summed E-state index contributed by atoms with van der Waals surface area (Å²) in [5.41, 5.74) is 4.15. The molecule has 1 aromatic carbocycles. The molecule has 0 aliphatic carbocycles. The van der Waals surface area contributed by atoms with Crippen molar-refractivity contribution >= 4 is 10.9 Å². The van der Waals surface area contributed by atoms with Crippen molar-refractivity contribution in [2.45, 2.75) is 25.8 Å². The van der Waals surface area contributed by atoms with Crippen molar-refractivity contribution in [3.8, 4) is 5.75 Å². The summed E-state index contributed by atoms with van der Waals surface area (Å²) in [6.07, 6.45) is 2.33. The summed E-state index contributed by atoms with van der Waals surface area (Å²) < 4.78 is 5.31. The molecule has 3 N–H and O–H groups in total. The second kappa shape index (κ2) is 4.08. The van der Waals surface area contributed by atoms with Crippen LogP contribution in [0.5, 0.6) is 5.75 Å². The van der Waals surface area contributed by atoms with E-state index in [0.717, 1.165) is 12.2 Å². The number of H-pyrrole nitrogens is 1. The maximum Gasteiger partial charge on any atom is 0.126 e. The van der Waals surface area contributed by atoms with Gasteiger partial charge in [-0.3, -0.25) is 0 Å². The molecular formula is C14H19N2O+. The van der Waals surface area contributed by atoms with Gasteiger partial charge in [-0.2, -0.15) is 0 Å². The quantitative estimate of drug-likeness (QED) is 0.812. The van der Waals surface area contributed by atoms with Gasteiger partial charge in [-0.05, 0) is 23.8 Å². The van der Waals surface area contributed by atoms with Gasteiger partial charge in [-0.15, -0.1) is 0 Å². The van der Waals surface area contributed by atoms with Crippen LogP contribution in [-0.4, -0.2) is 18.6 Å². The lowest BCUT2D eigenvalue weighted by molar-refractivity contribution is -0.699. The lowest BCUT2D eigenvalue weighted by atomic mass is 9.98. The SMILES string of the molecule is CC[C@H]1[NH2+]CCc2c1[nH]c1ccc(OC)cc21. The van der Waals surface area contributed by atoms with Crippen LogP contribution in [0.2, 0.25) is 0 Å². The predicted octanol–water partition coefficient (Wildman–Crippen LogP) is 1.75. The summed E-state index contributed by atoms with van der Waals surface area (Å²) in [5, 5.41) is 3.78. The van der Waals surface area contributed by atoms with Crippen LogP contribution in [-0.2, 0) is 6.42 Å². The van der Waals surface area contributed by atoms with Crippen molar-refractivity contribution in [2.24, 2.45) is 0 Å². The summed E-state index contributed by atoms with van der Waals surface area (Å²) >= 11 is 0. The van der Waals surface area contributed by atoms with Gasteiger partial charge in [0.1, 0.15) is 11.8 Å². The topological polar surface area (TPSA) is 41.6 Å². The van der Waals surface area contributed by atoms with Crippen molar-refractivity contribution in [1.82, 2.24) is 4.98 Å². The minimum atomic E-state index is 0.595. The van der Waals surface area contributed by atoms with Gasteiger partial charge >= 0.3 is 0 Å². The van der Waals surface area contributed by atoms with Crippen molar-refractivity contribution < 1.29 is 10.1 Å². The molecule has 2 heterocycles. The van der Waals surface area contributed by atoms with Crippen molar-refractivity contribution in [3.63, 3.8) is 0 Å². The number of quaternary nitrogens is 1. The van der Waals surface area contributed by atoms with E-state index in [2.05, 4.69) is 29.4 Å². The highest BCUT2D eigenvalue weighted by Crippen LogP contribution is 2.31. The smallest absolute Gasteiger partial charge is 0.126 e. The molecule has 90 valence electrons. The number of fused-ring (bicyclic) bond motifs is 3. The van der Waals surface area contributed by atoms with Gasteiger partial charge in [0.25, 0.3) is 0 Å². The molecular weight excluding hydrogens is 212 g/mol. The van der Waals surface area contributed by atoms with Gasteiger partial charge in [0, 0.05) is 23.7 Å². The number of rotatable bonds is 2. The largest absolute Gasteiger partial charge is 0.497 e. The monoisotopic (exact) mass is 231 g/mol. The van der Waals surface area contributed by atoms with Gasteiger partial charge in [0.05, 0.1) is 19.3 Å². The first-order valence-electron chi connectivity index (χ1n) is 6.35. The fourth-order valence-corrected chi connectivity index (χ4v) is 2.88. The summed E-state index contributed by atoms with van der Waals surface area (Å²) in [6, 6.07) is 6.90. The number of aromatic amines is 1. The maximum atomic E-state index is 5.31. The molecule has 2 aromatic rings. The van der Waals surface area contributed by atoms with E-state index in [1.54, 1.807) is 7.11 Å². The molecule has 1 aliphatic rings. The van der Waals surface area contributed by atoms with Crippen molar-refractivity contribution in [2.75, 3.05) is 13.7 Å². The Morgan fingerprint density at radius 1 is 1.47 bits per heavy atom. The first-order chi connectivity index (χ1) is 8.33. The van der Waals surface area contributed by atoms with E-state index in [4.69, 9.17) is 4.74 Å². The molecule has 0 radical (unpaired) electrons. The van der Waals surface area contributed by atoms with Crippen molar-refractivity contribution in [3.05, 3.63) is 29.5 Å². The Morgan fingerprint density at radius 3 is 3.12 bits per heavy atom. The molecule has 1 aromatic heterocycles. The standard InChI is InChI=1S/C14H18N2O/c1-3-12-14-10(6-7-15-12)11-8-9(17-2)4-5-13(11)16-14/h4-5,8,12,15-16H,3,6-7H2,1-2H3/p+1/t12-/m1/s1. The number of aromatic nitrogens is 1. The highest BCUT2D eigenvalue weighted by molar-refractivity contribution is 5.86. The van der Waals surface area contributed by atoms with E-state index in [1.165, 1.54) is 35.1 Å².